The lowest BCUT2D eigenvalue weighted by atomic mass is 11.1. The molecule has 54 valence electrons. The highest BCUT2D eigenvalue weighted by Gasteiger charge is 2.02. The maximum Gasteiger partial charge on any atom is 0.331 e. The second kappa shape index (κ2) is 3.11. The molecular weight excluding hydrogens is 156 g/mol. The summed E-state index contributed by atoms with van der Waals surface area (Å²) in [7, 11) is 1.44. The van der Waals surface area contributed by atoms with Crippen molar-refractivity contribution in [2.75, 3.05) is 7.11 Å². The van der Waals surface area contributed by atoms with Crippen LogP contribution in [0.2, 0.25) is 0 Å². The summed E-state index contributed by atoms with van der Waals surface area (Å²) in [5, 5.41) is 0.187. The summed E-state index contributed by atoms with van der Waals surface area (Å²) in [6.07, 6.45) is 0. The Morgan fingerprint density at radius 2 is 2.50 bits per heavy atom. The van der Waals surface area contributed by atoms with E-state index in [9.17, 15) is 4.79 Å². The Bertz CT molecular complexity index is 224. The SMILES string of the molecule is COc1nsc(OC=O)n1. The zero-order valence-electron chi connectivity index (χ0n) is 5.10. The Labute approximate surface area is 60.8 Å². The maximum atomic E-state index is 9.75. The van der Waals surface area contributed by atoms with E-state index >= 15 is 0 Å². The minimum absolute atomic E-state index is 0.187. The number of ether oxygens (including phenoxy) is 2. The number of rotatable bonds is 3. The second-order valence-corrected chi connectivity index (χ2v) is 1.98. The summed E-state index contributed by atoms with van der Waals surface area (Å²) < 4.78 is 12.7. The van der Waals surface area contributed by atoms with Gasteiger partial charge in [-0.25, -0.2) is 0 Å². The Morgan fingerprint density at radius 1 is 1.70 bits per heavy atom. The normalized spacial score (nSPS) is 8.90. The van der Waals surface area contributed by atoms with Gasteiger partial charge in [0.2, 0.25) is 0 Å². The fraction of sp³-hybridized carbons (Fsp3) is 0.250. The van der Waals surface area contributed by atoms with Gasteiger partial charge in [0.25, 0.3) is 6.47 Å². The Hall–Kier alpha value is -1.17. The molecule has 0 saturated heterocycles. The van der Waals surface area contributed by atoms with Crippen LogP contribution in [0.25, 0.3) is 0 Å². The molecule has 5 nitrogen and oxygen atoms in total. The van der Waals surface area contributed by atoms with Gasteiger partial charge in [0.05, 0.1) is 7.11 Å². The van der Waals surface area contributed by atoms with E-state index < -0.39 is 0 Å². The first-order chi connectivity index (χ1) is 4.86. The molecule has 0 aromatic carbocycles. The summed E-state index contributed by atoms with van der Waals surface area (Å²) in [4.78, 5) is 13.4. The molecule has 0 amide bonds. The van der Waals surface area contributed by atoms with Crippen LogP contribution in [0.4, 0.5) is 0 Å². The third-order valence-electron chi connectivity index (χ3n) is 0.720. The van der Waals surface area contributed by atoms with Crippen LogP contribution in [0.3, 0.4) is 0 Å². The van der Waals surface area contributed by atoms with E-state index in [4.69, 9.17) is 0 Å². The summed E-state index contributed by atoms with van der Waals surface area (Å²) >= 11 is 0.959. The number of hydrogen-bond donors (Lipinski definition) is 0. The molecule has 0 radical (unpaired) electrons. The predicted molar refractivity (Wildman–Crippen MR) is 33.2 cm³/mol. The Morgan fingerprint density at radius 3 is 3.00 bits per heavy atom. The monoisotopic (exact) mass is 160 g/mol. The van der Waals surface area contributed by atoms with Gasteiger partial charge in [-0.15, -0.1) is 9.36 Å². The summed E-state index contributed by atoms with van der Waals surface area (Å²) in [6, 6.07) is 0.210. The molecule has 0 spiro atoms. The largest absolute Gasteiger partial charge is 0.466 e. The average Bonchev–Trinajstić information content (AvgIpc) is 2.37. The summed E-state index contributed by atoms with van der Waals surface area (Å²) in [5.41, 5.74) is 0. The molecule has 10 heavy (non-hydrogen) atoms. The highest BCUT2D eigenvalue weighted by molar-refractivity contribution is 7.07. The van der Waals surface area contributed by atoms with Crippen LogP contribution in [-0.4, -0.2) is 22.9 Å². The standard InChI is InChI=1S/C4H4N2O3S/c1-8-3-5-4(9-2-7)10-6-3/h2H,1H3. The number of methoxy groups -OCH3 is 1. The van der Waals surface area contributed by atoms with E-state index in [-0.39, 0.29) is 11.2 Å². The molecule has 0 N–H and O–H groups in total. The molecule has 1 aromatic heterocycles. The molecule has 0 unspecified atom stereocenters. The number of hydrogen-bond acceptors (Lipinski definition) is 6. The first kappa shape index (κ1) is 6.94. The highest BCUT2D eigenvalue weighted by atomic mass is 32.1. The van der Waals surface area contributed by atoms with Crippen molar-refractivity contribution in [3.05, 3.63) is 0 Å². The first-order valence-electron chi connectivity index (χ1n) is 2.35. The van der Waals surface area contributed by atoms with Crippen molar-refractivity contribution in [2.24, 2.45) is 0 Å². The molecule has 0 aliphatic carbocycles. The van der Waals surface area contributed by atoms with Crippen LogP contribution in [0.1, 0.15) is 0 Å². The van der Waals surface area contributed by atoms with Gasteiger partial charge in [-0.3, -0.25) is 4.79 Å². The van der Waals surface area contributed by atoms with Gasteiger partial charge in [0.1, 0.15) is 0 Å². The van der Waals surface area contributed by atoms with E-state index in [1.54, 1.807) is 0 Å². The zero-order valence-corrected chi connectivity index (χ0v) is 5.92. The fourth-order valence-corrected chi connectivity index (χ4v) is 0.842. The van der Waals surface area contributed by atoms with E-state index in [1.165, 1.54) is 7.11 Å². The number of aromatic nitrogens is 2. The minimum Gasteiger partial charge on any atom is -0.466 e. The highest BCUT2D eigenvalue weighted by Crippen LogP contribution is 2.16. The molecule has 0 aliphatic heterocycles. The first-order valence-corrected chi connectivity index (χ1v) is 3.12. The maximum absolute atomic E-state index is 9.75. The van der Waals surface area contributed by atoms with E-state index in [0.29, 0.717) is 6.47 Å². The number of carbonyl (C=O) groups excluding carboxylic acids is 1. The Balaban J connectivity index is 2.67. The van der Waals surface area contributed by atoms with Crippen molar-refractivity contribution in [1.82, 2.24) is 9.36 Å². The predicted octanol–water partition coefficient (Wildman–Crippen LogP) is 0.0819. The van der Waals surface area contributed by atoms with E-state index in [0.717, 1.165) is 11.5 Å². The lowest BCUT2D eigenvalue weighted by molar-refractivity contribution is -0.120. The van der Waals surface area contributed by atoms with Crippen LogP contribution in [-0.2, 0) is 4.79 Å². The van der Waals surface area contributed by atoms with Crippen LogP contribution >= 0.6 is 11.5 Å². The van der Waals surface area contributed by atoms with Gasteiger partial charge < -0.3 is 9.47 Å². The zero-order chi connectivity index (χ0) is 7.40. The smallest absolute Gasteiger partial charge is 0.331 e. The van der Waals surface area contributed by atoms with Crippen molar-refractivity contribution in [3.63, 3.8) is 0 Å². The van der Waals surface area contributed by atoms with Crippen LogP contribution in [0, 0.1) is 0 Å². The van der Waals surface area contributed by atoms with E-state index in [1.807, 2.05) is 0 Å². The quantitative estimate of drug-likeness (QED) is 0.586. The molecule has 1 heterocycles. The Kier molecular flexibility index (Phi) is 2.16. The fourth-order valence-electron chi connectivity index (χ4n) is 0.369. The van der Waals surface area contributed by atoms with Gasteiger partial charge in [-0.1, -0.05) is 0 Å². The minimum atomic E-state index is 0.187. The molecule has 0 aliphatic rings. The average molecular weight is 160 g/mol. The number of nitrogens with zero attached hydrogens (tertiary/aromatic N) is 2. The van der Waals surface area contributed by atoms with Gasteiger partial charge in [0.15, 0.2) is 0 Å². The molecule has 0 atom stereocenters. The van der Waals surface area contributed by atoms with Crippen molar-refractivity contribution < 1.29 is 14.3 Å². The van der Waals surface area contributed by atoms with Gasteiger partial charge in [-0.05, 0) is 0 Å². The lowest BCUT2D eigenvalue weighted by Crippen LogP contribution is -1.87. The van der Waals surface area contributed by atoms with Gasteiger partial charge in [-0.2, -0.15) is 0 Å². The lowest BCUT2D eigenvalue weighted by Gasteiger charge is -1.85. The molecular formula is C4H4N2O3S. The third-order valence-corrected chi connectivity index (χ3v) is 1.31. The van der Waals surface area contributed by atoms with Crippen molar-refractivity contribution in [2.45, 2.75) is 0 Å². The molecule has 0 fully saturated rings. The van der Waals surface area contributed by atoms with Crippen LogP contribution in [0.5, 0.6) is 11.2 Å². The van der Waals surface area contributed by atoms with Gasteiger partial charge in [0, 0.05) is 11.5 Å². The van der Waals surface area contributed by atoms with Crippen molar-refractivity contribution in [3.8, 4) is 11.2 Å². The molecule has 1 aromatic rings. The summed E-state index contributed by atoms with van der Waals surface area (Å²) in [5.74, 6) is 0. The van der Waals surface area contributed by atoms with Crippen molar-refractivity contribution >= 4 is 18.0 Å². The summed E-state index contributed by atoms with van der Waals surface area (Å²) in [6.45, 7) is 0.292. The van der Waals surface area contributed by atoms with Crippen LogP contribution in [0.15, 0.2) is 0 Å². The van der Waals surface area contributed by atoms with E-state index in [2.05, 4.69) is 18.8 Å². The van der Waals surface area contributed by atoms with Crippen molar-refractivity contribution in [1.29, 1.82) is 0 Å². The topological polar surface area (TPSA) is 61.3 Å². The van der Waals surface area contributed by atoms with Crippen LogP contribution < -0.4 is 9.47 Å². The third kappa shape index (κ3) is 1.41. The van der Waals surface area contributed by atoms with Gasteiger partial charge >= 0.3 is 11.2 Å². The molecule has 0 bridgehead atoms. The second-order valence-electron chi connectivity index (χ2n) is 1.26. The molecule has 0 saturated carbocycles. The molecule has 6 heteroatoms. The number of carbonyl (C=O) groups is 1. The molecule has 1 rings (SSSR count).